The zero-order valence-electron chi connectivity index (χ0n) is 8.36. The highest BCUT2D eigenvalue weighted by molar-refractivity contribution is 6.38. The molecule has 0 radical (unpaired) electrons. The van der Waals surface area contributed by atoms with E-state index in [2.05, 4.69) is 4.99 Å². The molecule has 0 saturated heterocycles. The molecule has 0 aliphatic carbocycles. The summed E-state index contributed by atoms with van der Waals surface area (Å²) >= 11 is 0. The van der Waals surface area contributed by atoms with Crippen molar-refractivity contribution in [1.29, 1.82) is 0 Å². The van der Waals surface area contributed by atoms with Crippen molar-refractivity contribution in [2.45, 2.75) is 18.9 Å². The van der Waals surface area contributed by atoms with Gasteiger partial charge in [0, 0.05) is 0 Å². The van der Waals surface area contributed by atoms with Crippen LogP contribution in [0.25, 0.3) is 0 Å². The van der Waals surface area contributed by atoms with Crippen molar-refractivity contribution < 1.29 is 39.6 Å². The second-order valence-electron chi connectivity index (χ2n) is 2.90. The highest BCUT2D eigenvalue weighted by Gasteiger charge is 2.23. The maximum absolute atomic E-state index is 10.6. The van der Waals surface area contributed by atoms with Crippen LogP contribution in [0.1, 0.15) is 12.8 Å². The number of carboxylic acids is 4. The normalized spacial score (nSPS) is 12.8. The molecule has 1 unspecified atom stereocenters. The molecule has 0 aromatic carbocycles. The first-order valence-electron chi connectivity index (χ1n) is 4.20. The van der Waals surface area contributed by atoms with Gasteiger partial charge >= 0.3 is 23.9 Å². The molecule has 0 amide bonds. The molecular weight excluding hydrogens is 238 g/mol. The van der Waals surface area contributed by atoms with Crippen molar-refractivity contribution >= 4 is 29.6 Å². The Hall–Kier alpha value is -2.45. The Bertz CT molecular complexity index is 385. The minimum absolute atomic E-state index is 0.911. The third-order valence-electron chi connectivity index (χ3n) is 1.53. The Labute approximate surface area is 94.0 Å². The number of nitrogens with zero attached hydrogens (tertiary/aromatic N) is 1. The summed E-state index contributed by atoms with van der Waals surface area (Å²) < 4.78 is 0. The summed E-state index contributed by atoms with van der Waals surface area (Å²) in [6.07, 6.45) is -1.91. The van der Waals surface area contributed by atoms with Crippen LogP contribution in [0.4, 0.5) is 0 Å². The summed E-state index contributed by atoms with van der Waals surface area (Å²) in [5.41, 5.74) is -0.911. The lowest BCUT2D eigenvalue weighted by Gasteiger charge is -2.05. The van der Waals surface area contributed by atoms with Crippen LogP contribution >= 0.6 is 0 Å². The fourth-order valence-electron chi connectivity index (χ4n) is 0.861. The number of carboxylic acid groups (broad SMARTS) is 4. The largest absolute Gasteiger partial charge is 0.481 e. The van der Waals surface area contributed by atoms with Crippen molar-refractivity contribution in [2.24, 2.45) is 4.99 Å². The van der Waals surface area contributed by atoms with Crippen LogP contribution in [0.3, 0.4) is 0 Å². The van der Waals surface area contributed by atoms with Crippen molar-refractivity contribution in [2.75, 3.05) is 0 Å². The molecule has 0 saturated carbocycles. The van der Waals surface area contributed by atoms with Gasteiger partial charge in [-0.1, -0.05) is 0 Å². The first-order chi connectivity index (χ1) is 7.73. The Morgan fingerprint density at radius 3 is 1.76 bits per heavy atom. The number of carbonyl (C=O) groups is 4. The van der Waals surface area contributed by atoms with E-state index in [1.807, 2.05) is 0 Å². The number of aliphatic carboxylic acids is 4. The third kappa shape index (κ3) is 5.87. The molecule has 0 spiro atoms. The minimum atomic E-state index is -1.82. The van der Waals surface area contributed by atoms with E-state index in [1.54, 1.807) is 0 Å². The van der Waals surface area contributed by atoms with E-state index < -0.39 is 48.5 Å². The third-order valence-corrected chi connectivity index (χ3v) is 1.53. The van der Waals surface area contributed by atoms with Crippen molar-refractivity contribution in [3.8, 4) is 0 Å². The molecule has 94 valence electrons. The molecule has 17 heavy (non-hydrogen) atoms. The molecule has 9 heteroatoms. The first-order valence-corrected chi connectivity index (χ1v) is 4.20. The average molecular weight is 247 g/mol. The van der Waals surface area contributed by atoms with E-state index in [0.29, 0.717) is 0 Å². The lowest BCUT2D eigenvalue weighted by molar-refractivity contribution is -0.145. The first kappa shape index (κ1) is 14.6. The molecule has 0 aliphatic heterocycles. The van der Waals surface area contributed by atoms with Crippen LogP contribution < -0.4 is 0 Å². The lowest BCUT2D eigenvalue weighted by atomic mass is 10.2. The monoisotopic (exact) mass is 247 g/mol. The van der Waals surface area contributed by atoms with Gasteiger partial charge in [0.25, 0.3) is 0 Å². The van der Waals surface area contributed by atoms with Gasteiger partial charge in [-0.15, -0.1) is 0 Å². The average Bonchev–Trinajstić information content (AvgIpc) is 2.13. The standard InChI is InChI=1S/C8H9NO8/c10-5(11)1-3(7(14)15)9-4(8(16)17)2-6(12)13/h3H,1-2H2,(H,10,11)(H,12,13)(H,14,15)(H,16,17). The van der Waals surface area contributed by atoms with E-state index in [-0.39, 0.29) is 0 Å². The molecule has 0 fully saturated rings. The van der Waals surface area contributed by atoms with Crippen LogP contribution in [-0.4, -0.2) is 56.1 Å². The van der Waals surface area contributed by atoms with E-state index in [9.17, 15) is 19.2 Å². The topological polar surface area (TPSA) is 162 Å². The van der Waals surface area contributed by atoms with Crippen LogP contribution in [0.2, 0.25) is 0 Å². The van der Waals surface area contributed by atoms with Crippen LogP contribution in [0.15, 0.2) is 4.99 Å². The number of hydrogen-bond acceptors (Lipinski definition) is 5. The zero-order valence-corrected chi connectivity index (χ0v) is 8.36. The summed E-state index contributed by atoms with van der Waals surface area (Å²) in [6.45, 7) is 0. The van der Waals surface area contributed by atoms with Gasteiger partial charge < -0.3 is 20.4 Å². The quantitative estimate of drug-likeness (QED) is 0.412. The molecule has 4 N–H and O–H groups in total. The highest BCUT2D eigenvalue weighted by atomic mass is 16.4. The molecule has 1 atom stereocenters. The molecule has 0 aromatic rings. The Morgan fingerprint density at radius 1 is 0.941 bits per heavy atom. The Balaban J connectivity index is 5.07. The van der Waals surface area contributed by atoms with Gasteiger partial charge in [0.15, 0.2) is 6.04 Å². The molecular formula is C8H9NO8. The second-order valence-corrected chi connectivity index (χ2v) is 2.90. The van der Waals surface area contributed by atoms with Crippen molar-refractivity contribution in [3.63, 3.8) is 0 Å². The summed E-state index contributed by atoms with van der Waals surface area (Å²) in [6, 6.07) is -1.82. The maximum Gasteiger partial charge on any atom is 0.350 e. The summed E-state index contributed by atoms with van der Waals surface area (Å²) in [4.78, 5) is 44.8. The number of aliphatic imine (C=N–C) groups is 1. The van der Waals surface area contributed by atoms with Gasteiger partial charge in [0.2, 0.25) is 0 Å². The number of hydrogen-bond donors (Lipinski definition) is 4. The van der Waals surface area contributed by atoms with E-state index in [4.69, 9.17) is 20.4 Å². The Morgan fingerprint density at radius 2 is 1.47 bits per heavy atom. The summed E-state index contributed by atoms with van der Waals surface area (Å²) in [7, 11) is 0. The van der Waals surface area contributed by atoms with E-state index in [0.717, 1.165) is 0 Å². The molecule has 0 aliphatic rings. The smallest absolute Gasteiger partial charge is 0.350 e. The van der Waals surface area contributed by atoms with E-state index >= 15 is 0 Å². The molecule has 9 nitrogen and oxygen atoms in total. The second kappa shape index (κ2) is 6.20. The fourth-order valence-corrected chi connectivity index (χ4v) is 0.861. The van der Waals surface area contributed by atoms with Crippen molar-refractivity contribution in [3.05, 3.63) is 0 Å². The maximum atomic E-state index is 10.6. The lowest BCUT2D eigenvalue weighted by Crippen LogP contribution is -2.27. The predicted molar refractivity (Wildman–Crippen MR) is 51.0 cm³/mol. The predicted octanol–water partition coefficient (Wildman–Crippen LogP) is -1.09. The van der Waals surface area contributed by atoms with Gasteiger partial charge in [-0.2, -0.15) is 0 Å². The fraction of sp³-hybridized carbons (Fsp3) is 0.375. The van der Waals surface area contributed by atoms with Gasteiger partial charge in [-0.3, -0.25) is 14.6 Å². The zero-order chi connectivity index (χ0) is 13.6. The highest BCUT2D eigenvalue weighted by Crippen LogP contribution is 2.02. The number of rotatable bonds is 7. The minimum Gasteiger partial charge on any atom is -0.481 e. The molecule has 0 heterocycles. The van der Waals surface area contributed by atoms with Crippen LogP contribution in [0, 0.1) is 0 Å². The van der Waals surface area contributed by atoms with Crippen LogP contribution in [0.5, 0.6) is 0 Å². The summed E-state index contributed by atoms with van der Waals surface area (Å²) in [5, 5.41) is 33.9. The Kier molecular flexibility index (Phi) is 5.31. The van der Waals surface area contributed by atoms with Crippen molar-refractivity contribution in [1.82, 2.24) is 0 Å². The van der Waals surface area contributed by atoms with Gasteiger partial charge in [0.05, 0.1) is 12.8 Å². The van der Waals surface area contributed by atoms with Gasteiger partial charge in [0.1, 0.15) is 5.71 Å². The summed E-state index contributed by atoms with van der Waals surface area (Å²) in [5.74, 6) is -6.34. The molecule has 0 aromatic heterocycles. The van der Waals surface area contributed by atoms with Gasteiger partial charge in [-0.25, -0.2) is 9.59 Å². The van der Waals surface area contributed by atoms with Crippen LogP contribution in [-0.2, 0) is 19.2 Å². The molecule has 0 rings (SSSR count). The SMILES string of the molecule is O=C(O)CC(=NC(CC(=O)O)C(=O)O)C(=O)O. The van der Waals surface area contributed by atoms with E-state index in [1.165, 1.54) is 0 Å². The van der Waals surface area contributed by atoms with Gasteiger partial charge in [-0.05, 0) is 0 Å². The molecule has 0 bridgehead atoms.